The molecule has 1 aromatic rings. The van der Waals surface area contributed by atoms with Crippen LogP contribution in [-0.4, -0.2) is 4.98 Å². The highest BCUT2D eigenvalue weighted by Crippen LogP contribution is 1.93. The van der Waals surface area contributed by atoms with Gasteiger partial charge in [-0.3, -0.25) is 4.98 Å². The largest absolute Gasteiger partial charge is 0.264 e. The minimum Gasteiger partial charge on any atom is -0.264 e. The molecule has 0 radical (unpaired) electrons. The molecule has 0 saturated carbocycles. The Hall–Kier alpha value is -1.36. The number of aromatic nitrogens is 1. The zero-order valence-corrected chi connectivity index (χ0v) is 5.99. The van der Waals surface area contributed by atoms with Gasteiger partial charge in [0.2, 0.25) is 0 Å². The van der Waals surface area contributed by atoms with Crippen molar-refractivity contribution in [1.29, 1.82) is 5.26 Å². The maximum atomic E-state index is 6.50. The summed E-state index contributed by atoms with van der Waals surface area (Å²) >= 11 is 0. The van der Waals surface area contributed by atoms with E-state index in [1.807, 2.05) is 12.3 Å². The smallest absolute Gasteiger partial charge is 0.0462 e. The molecule has 52 valence electrons. The molecule has 10 heavy (non-hydrogen) atoms. The fraction of sp³-hybridized carbons (Fsp3) is 0.250. The van der Waals surface area contributed by atoms with Crippen LogP contribution >= 0.6 is 0 Å². The first kappa shape index (κ1) is 8.64. The lowest BCUT2D eigenvalue weighted by atomic mass is 10.2. The van der Waals surface area contributed by atoms with Crippen LogP contribution in [0.5, 0.6) is 0 Å². The molecule has 1 rings (SSSR count). The number of hydrogen-bond donors (Lipinski definition) is 0. The number of nitriles is 1. The van der Waals surface area contributed by atoms with Gasteiger partial charge in [-0.15, -0.1) is 0 Å². The molecular formula is C8H10N2. The molecule has 1 heterocycles. The second kappa shape index (κ2) is 5.77. The normalized spacial score (nSPS) is 7.50. The molecule has 0 spiro atoms. The lowest BCUT2D eigenvalue weighted by Crippen LogP contribution is -1.77. The number of nitrogens with zero attached hydrogens (tertiary/aromatic N) is 2. The quantitative estimate of drug-likeness (QED) is 0.587. The third-order valence-corrected chi connectivity index (χ3v) is 1.13. The molecule has 0 N–H and O–H groups in total. The molecule has 0 unspecified atom stereocenters. The van der Waals surface area contributed by atoms with Gasteiger partial charge in [-0.2, -0.15) is 0 Å². The van der Waals surface area contributed by atoms with Crippen LogP contribution < -0.4 is 0 Å². The third-order valence-electron chi connectivity index (χ3n) is 1.13. The van der Waals surface area contributed by atoms with Crippen molar-refractivity contribution in [1.82, 2.24) is 4.98 Å². The lowest BCUT2D eigenvalue weighted by Gasteiger charge is -1.88. The van der Waals surface area contributed by atoms with Gasteiger partial charge in [-0.1, -0.05) is 13.0 Å². The van der Waals surface area contributed by atoms with Crippen LogP contribution in [0.25, 0.3) is 0 Å². The fourth-order valence-corrected chi connectivity index (χ4v) is 0.607. The van der Waals surface area contributed by atoms with Crippen molar-refractivity contribution in [2.24, 2.45) is 0 Å². The molecule has 1 aromatic heterocycles. The molecule has 0 bridgehead atoms. The Balaban J connectivity index is 0.000000371. The predicted octanol–water partition coefficient (Wildman–Crippen LogP) is 1.78. The van der Waals surface area contributed by atoms with Crippen molar-refractivity contribution in [3.05, 3.63) is 30.1 Å². The van der Waals surface area contributed by atoms with Crippen LogP contribution in [-0.2, 0) is 6.42 Å². The van der Waals surface area contributed by atoms with Gasteiger partial charge >= 0.3 is 0 Å². The van der Waals surface area contributed by atoms with Crippen molar-refractivity contribution in [3.63, 3.8) is 0 Å². The highest BCUT2D eigenvalue weighted by Gasteiger charge is 1.81. The van der Waals surface area contributed by atoms with Crippen LogP contribution in [0, 0.1) is 11.8 Å². The molecule has 0 aliphatic rings. The molecule has 0 aliphatic carbocycles. The minimum atomic E-state index is 1.08. The lowest BCUT2D eigenvalue weighted by molar-refractivity contribution is 1.10. The third kappa shape index (κ3) is 2.83. The fourth-order valence-electron chi connectivity index (χ4n) is 0.607. The monoisotopic (exact) mass is 134 g/mol. The molecule has 2 heteroatoms. The van der Waals surface area contributed by atoms with E-state index in [1.165, 1.54) is 5.56 Å². The van der Waals surface area contributed by atoms with Crippen molar-refractivity contribution in [2.45, 2.75) is 13.3 Å². The Morgan fingerprint density at radius 3 is 2.60 bits per heavy atom. The average Bonchev–Trinajstić information content (AvgIpc) is 2.10. The van der Waals surface area contributed by atoms with Gasteiger partial charge in [0, 0.05) is 19.0 Å². The molecule has 0 atom stereocenters. The van der Waals surface area contributed by atoms with E-state index in [0.717, 1.165) is 6.42 Å². The summed E-state index contributed by atoms with van der Waals surface area (Å²) in [5.41, 5.74) is 1.30. The summed E-state index contributed by atoms with van der Waals surface area (Å²) < 4.78 is 0. The topological polar surface area (TPSA) is 36.7 Å². The van der Waals surface area contributed by atoms with E-state index in [0.29, 0.717) is 0 Å². The SMILES string of the molecule is C#N.CCc1cccnc1. The maximum absolute atomic E-state index is 6.50. The number of rotatable bonds is 1. The second-order valence-corrected chi connectivity index (χ2v) is 1.71. The van der Waals surface area contributed by atoms with Crippen molar-refractivity contribution >= 4 is 0 Å². The number of hydrogen-bond acceptors (Lipinski definition) is 2. The molecule has 0 saturated heterocycles. The van der Waals surface area contributed by atoms with Gasteiger partial charge in [0.15, 0.2) is 0 Å². The summed E-state index contributed by atoms with van der Waals surface area (Å²) in [4.78, 5) is 3.96. The summed E-state index contributed by atoms with van der Waals surface area (Å²) in [7, 11) is 0. The zero-order valence-electron chi connectivity index (χ0n) is 5.99. The first-order valence-corrected chi connectivity index (χ1v) is 3.08. The van der Waals surface area contributed by atoms with Gasteiger partial charge in [0.05, 0.1) is 0 Å². The maximum Gasteiger partial charge on any atom is 0.0462 e. The van der Waals surface area contributed by atoms with Crippen molar-refractivity contribution in [3.8, 4) is 6.57 Å². The van der Waals surface area contributed by atoms with E-state index in [2.05, 4.69) is 24.5 Å². The van der Waals surface area contributed by atoms with Crippen LogP contribution in [0.3, 0.4) is 0 Å². The molecule has 0 aromatic carbocycles. The molecule has 0 aliphatic heterocycles. The van der Waals surface area contributed by atoms with Crippen LogP contribution in [0.15, 0.2) is 24.5 Å². The van der Waals surface area contributed by atoms with Gasteiger partial charge in [-0.05, 0) is 18.1 Å². The molecule has 0 amide bonds. The summed E-state index contributed by atoms with van der Waals surface area (Å²) in [6.45, 7) is 5.62. The number of pyridine rings is 1. The van der Waals surface area contributed by atoms with Gasteiger partial charge in [0.1, 0.15) is 0 Å². The van der Waals surface area contributed by atoms with E-state index < -0.39 is 0 Å². The molecule has 2 nitrogen and oxygen atoms in total. The summed E-state index contributed by atoms with van der Waals surface area (Å²) in [5.74, 6) is 0. The highest BCUT2D eigenvalue weighted by atomic mass is 14.6. The Morgan fingerprint density at radius 1 is 1.60 bits per heavy atom. The van der Waals surface area contributed by atoms with Crippen LogP contribution in [0.2, 0.25) is 0 Å². The van der Waals surface area contributed by atoms with Gasteiger partial charge in [0.25, 0.3) is 0 Å². The highest BCUT2D eigenvalue weighted by molar-refractivity contribution is 5.07. The van der Waals surface area contributed by atoms with Gasteiger partial charge in [-0.25, -0.2) is 5.26 Å². The Kier molecular flexibility index (Phi) is 4.99. The Bertz CT molecular complexity index is 179. The summed E-state index contributed by atoms with van der Waals surface area (Å²) in [6, 6.07) is 4.03. The molecular weight excluding hydrogens is 124 g/mol. The zero-order chi connectivity index (χ0) is 7.82. The van der Waals surface area contributed by atoms with E-state index in [9.17, 15) is 0 Å². The van der Waals surface area contributed by atoms with E-state index in [-0.39, 0.29) is 0 Å². The Morgan fingerprint density at radius 2 is 2.30 bits per heavy atom. The average molecular weight is 134 g/mol. The van der Waals surface area contributed by atoms with E-state index >= 15 is 0 Å². The van der Waals surface area contributed by atoms with E-state index in [1.54, 1.807) is 6.20 Å². The standard InChI is InChI=1S/C7H9N.CHN/c1-2-7-4-3-5-8-6-7;1-2/h3-6H,2H2,1H3;1H. The summed E-state index contributed by atoms with van der Waals surface area (Å²) in [6.07, 6.45) is 4.76. The minimum absolute atomic E-state index is 1.08. The first-order chi connectivity index (χ1) is 4.93. The predicted molar refractivity (Wildman–Crippen MR) is 40.3 cm³/mol. The van der Waals surface area contributed by atoms with Crippen molar-refractivity contribution < 1.29 is 0 Å². The van der Waals surface area contributed by atoms with Crippen LogP contribution in [0.4, 0.5) is 0 Å². The Labute approximate surface area is 61.1 Å². The number of aryl methyl sites for hydroxylation is 1. The van der Waals surface area contributed by atoms with E-state index in [4.69, 9.17) is 5.26 Å². The van der Waals surface area contributed by atoms with Crippen LogP contribution in [0.1, 0.15) is 12.5 Å². The second-order valence-electron chi connectivity index (χ2n) is 1.71. The van der Waals surface area contributed by atoms with Gasteiger partial charge < -0.3 is 0 Å². The molecule has 0 fully saturated rings. The summed E-state index contributed by atoms with van der Waals surface area (Å²) in [5, 5.41) is 6.50. The van der Waals surface area contributed by atoms with Crippen molar-refractivity contribution in [2.75, 3.05) is 0 Å². The first-order valence-electron chi connectivity index (χ1n) is 3.08.